The summed E-state index contributed by atoms with van der Waals surface area (Å²) in [7, 11) is 0. The van der Waals surface area contributed by atoms with Crippen LogP contribution in [0.1, 0.15) is 32.1 Å². The molecule has 1 aliphatic carbocycles. The molecule has 3 rings (SSSR count). The third-order valence-electron chi connectivity index (χ3n) is 4.85. The van der Waals surface area contributed by atoms with Gasteiger partial charge in [-0.25, -0.2) is 0 Å². The largest absolute Gasteiger partial charge is 0.317 e. The second-order valence-corrected chi connectivity index (χ2v) is 7.44. The molecule has 3 heteroatoms. The molecule has 0 radical (unpaired) electrons. The lowest BCUT2D eigenvalue weighted by Gasteiger charge is -2.23. The maximum atomic E-state index is 3.45. The molecule has 2 heterocycles. The van der Waals surface area contributed by atoms with Gasteiger partial charge in [0.15, 0.2) is 0 Å². The Morgan fingerprint density at radius 3 is 2.41 bits per heavy atom. The molecule has 1 N–H and O–H groups in total. The fourth-order valence-corrected chi connectivity index (χ4v) is 5.09. The van der Waals surface area contributed by atoms with Gasteiger partial charge < -0.3 is 10.2 Å². The van der Waals surface area contributed by atoms with Crippen molar-refractivity contribution in [1.82, 2.24) is 10.2 Å². The Kier molecular flexibility index (Phi) is 4.30. The van der Waals surface area contributed by atoms with Crippen molar-refractivity contribution in [2.75, 3.05) is 38.5 Å². The fourth-order valence-electron chi connectivity index (χ4n) is 3.83. The van der Waals surface area contributed by atoms with Gasteiger partial charge in [-0.3, -0.25) is 0 Å². The van der Waals surface area contributed by atoms with E-state index in [0.29, 0.717) is 0 Å². The SMILES string of the molecule is C1CC2CN(CCSC3CCNCC3)CC2C1. The average Bonchev–Trinajstić information content (AvgIpc) is 2.91. The van der Waals surface area contributed by atoms with E-state index in [4.69, 9.17) is 0 Å². The summed E-state index contributed by atoms with van der Waals surface area (Å²) >= 11 is 2.23. The zero-order valence-electron chi connectivity index (χ0n) is 10.9. The second-order valence-electron chi connectivity index (χ2n) is 6.03. The van der Waals surface area contributed by atoms with Crippen LogP contribution in [0.3, 0.4) is 0 Å². The number of fused-ring (bicyclic) bond motifs is 1. The predicted molar refractivity (Wildman–Crippen MR) is 75.6 cm³/mol. The van der Waals surface area contributed by atoms with Crippen LogP contribution in [0.2, 0.25) is 0 Å². The van der Waals surface area contributed by atoms with E-state index in [0.717, 1.165) is 17.1 Å². The normalized spacial score (nSPS) is 35.3. The van der Waals surface area contributed by atoms with Gasteiger partial charge >= 0.3 is 0 Å². The van der Waals surface area contributed by atoms with Gasteiger partial charge in [-0.05, 0) is 50.6 Å². The lowest BCUT2D eigenvalue weighted by molar-refractivity contribution is 0.330. The number of nitrogens with zero attached hydrogens (tertiary/aromatic N) is 1. The summed E-state index contributed by atoms with van der Waals surface area (Å²) in [4.78, 5) is 2.74. The Hall–Kier alpha value is 0.270. The van der Waals surface area contributed by atoms with Crippen LogP contribution < -0.4 is 5.32 Å². The van der Waals surface area contributed by atoms with E-state index >= 15 is 0 Å². The highest BCUT2D eigenvalue weighted by Crippen LogP contribution is 2.37. The lowest BCUT2D eigenvalue weighted by atomic mass is 10.0. The van der Waals surface area contributed by atoms with Gasteiger partial charge in [0.1, 0.15) is 0 Å². The standard InChI is InChI=1S/C14H26N2S/c1-2-12-10-16(11-13(12)3-1)8-9-17-14-4-6-15-7-5-14/h12-15H,1-11H2. The highest BCUT2D eigenvalue weighted by Gasteiger charge is 2.35. The minimum atomic E-state index is 0.943. The van der Waals surface area contributed by atoms with Crippen molar-refractivity contribution in [2.24, 2.45) is 11.8 Å². The molecule has 3 fully saturated rings. The van der Waals surface area contributed by atoms with Crippen LogP contribution in [-0.4, -0.2) is 48.6 Å². The van der Waals surface area contributed by atoms with Crippen LogP contribution >= 0.6 is 11.8 Å². The van der Waals surface area contributed by atoms with Gasteiger partial charge in [0.05, 0.1) is 0 Å². The molecule has 17 heavy (non-hydrogen) atoms. The van der Waals surface area contributed by atoms with Crippen LogP contribution in [0.25, 0.3) is 0 Å². The Balaban J connectivity index is 1.32. The van der Waals surface area contributed by atoms with E-state index in [9.17, 15) is 0 Å². The monoisotopic (exact) mass is 254 g/mol. The number of likely N-dealkylation sites (tertiary alicyclic amines) is 1. The minimum absolute atomic E-state index is 0.943. The van der Waals surface area contributed by atoms with E-state index in [1.807, 2.05) is 0 Å². The molecule has 0 aromatic rings. The number of hydrogen-bond acceptors (Lipinski definition) is 3. The van der Waals surface area contributed by atoms with Crippen molar-refractivity contribution in [1.29, 1.82) is 0 Å². The molecule has 0 amide bonds. The van der Waals surface area contributed by atoms with Crippen LogP contribution in [0.5, 0.6) is 0 Å². The van der Waals surface area contributed by atoms with Crippen molar-refractivity contribution >= 4 is 11.8 Å². The zero-order chi connectivity index (χ0) is 11.5. The van der Waals surface area contributed by atoms with Crippen LogP contribution in [-0.2, 0) is 0 Å². The number of hydrogen-bond donors (Lipinski definition) is 1. The summed E-state index contributed by atoms with van der Waals surface area (Å²) in [5.41, 5.74) is 0. The summed E-state index contributed by atoms with van der Waals surface area (Å²) < 4.78 is 0. The maximum Gasteiger partial charge on any atom is 0.00727 e. The molecule has 0 aromatic heterocycles. The lowest BCUT2D eigenvalue weighted by Crippen LogP contribution is -2.30. The molecular weight excluding hydrogens is 228 g/mol. The van der Waals surface area contributed by atoms with Crippen molar-refractivity contribution in [2.45, 2.75) is 37.4 Å². The molecule has 1 saturated carbocycles. The first kappa shape index (κ1) is 12.3. The molecule has 0 bridgehead atoms. The summed E-state index contributed by atoms with van der Waals surface area (Å²) in [6.07, 6.45) is 7.31. The molecule has 2 atom stereocenters. The number of rotatable bonds is 4. The summed E-state index contributed by atoms with van der Waals surface area (Å²) in [5.74, 6) is 3.50. The highest BCUT2D eigenvalue weighted by molar-refractivity contribution is 7.99. The summed E-state index contributed by atoms with van der Waals surface area (Å²) in [6.45, 7) is 6.66. The maximum absolute atomic E-state index is 3.45. The molecule has 2 unspecified atom stereocenters. The molecule has 2 nitrogen and oxygen atoms in total. The van der Waals surface area contributed by atoms with E-state index in [1.165, 1.54) is 70.6 Å². The summed E-state index contributed by atoms with van der Waals surface area (Å²) in [5, 5.41) is 4.39. The number of thioether (sulfide) groups is 1. The number of nitrogens with one attached hydrogen (secondary N) is 1. The van der Waals surface area contributed by atoms with Crippen LogP contribution in [0, 0.1) is 11.8 Å². The Labute approximate surface area is 110 Å². The smallest absolute Gasteiger partial charge is 0.00727 e. The summed E-state index contributed by atoms with van der Waals surface area (Å²) in [6, 6.07) is 0. The van der Waals surface area contributed by atoms with E-state index in [-0.39, 0.29) is 0 Å². The van der Waals surface area contributed by atoms with Gasteiger partial charge in [-0.2, -0.15) is 11.8 Å². The van der Waals surface area contributed by atoms with Crippen molar-refractivity contribution < 1.29 is 0 Å². The average molecular weight is 254 g/mol. The van der Waals surface area contributed by atoms with Crippen molar-refractivity contribution in [3.05, 3.63) is 0 Å². The first-order valence-corrected chi connectivity index (χ1v) is 8.51. The van der Waals surface area contributed by atoms with Gasteiger partial charge in [0, 0.05) is 30.6 Å². The molecule has 0 aromatic carbocycles. The van der Waals surface area contributed by atoms with E-state index < -0.39 is 0 Å². The van der Waals surface area contributed by atoms with Gasteiger partial charge in [0.2, 0.25) is 0 Å². The quantitative estimate of drug-likeness (QED) is 0.828. The van der Waals surface area contributed by atoms with Crippen LogP contribution in [0.4, 0.5) is 0 Å². The third kappa shape index (κ3) is 3.18. The van der Waals surface area contributed by atoms with Crippen LogP contribution in [0.15, 0.2) is 0 Å². The topological polar surface area (TPSA) is 15.3 Å². The first-order valence-electron chi connectivity index (χ1n) is 7.46. The molecule has 2 saturated heterocycles. The molecular formula is C14H26N2S. The van der Waals surface area contributed by atoms with Gasteiger partial charge in [-0.15, -0.1) is 0 Å². The molecule has 98 valence electrons. The minimum Gasteiger partial charge on any atom is -0.317 e. The molecule has 0 spiro atoms. The molecule has 3 aliphatic rings. The predicted octanol–water partition coefficient (Wildman–Crippen LogP) is 2.20. The van der Waals surface area contributed by atoms with Crippen molar-refractivity contribution in [3.63, 3.8) is 0 Å². The Morgan fingerprint density at radius 1 is 1.00 bits per heavy atom. The third-order valence-corrected chi connectivity index (χ3v) is 6.21. The highest BCUT2D eigenvalue weighted by atomic mass is 32.2. The zero-order valence-corrected chi connectivity index (χ0v) is 11.7. The molecule has 2 aliphatic heterocycles. The number of piperidine rings is 1. The first-order chi connectivity index (χ1) is 8.42. The Morgan fingerprint density at radius 2 is 1.71 bits per heavy atom. The second kappa shape index (κ2) is 5.94. The fraction of sp³-hybridized carbons (Fsp3) is 1.00. The Bertz CT molecular complexity index is 228. The van der Waals surface area contributed by atoms with E-state index in [2.05, 4.69) is 22.0 Å². The van der Waals surface area contributed by atoms with Crippen molar-refractivity contribution in [3.8, 4) is 0 Å². The van der Waals surface area contributed by atoms with Gasteiger partial charge in [0.25, 0.3) is 0 Å². The van der Waals surface area contributed by atoms with E-state index in [1.54, 1.807) is 0 Å². The van der Waals surface area contributed by atoms with Gasteiger partial charge in [-0.1, -0.05) is 6.42 Å².